The maximum atomic E-state index is 13.1. The minimum Gasteiger partial charge on any atom is -0.306 e. The highest BCUT2D eigenvalue weighted by molar-refractivity contribution is 5.32. The second-order valence-electron chi connectivity index (χ2n) is 5.44. The van der Waals surface area contributed by atoms with Crippen LogP contribution in [0.2, 0.25) is 0 Å². The SMILES string of the molecule is C=CCn1cc(CN[C@H](C)c2ccccc2C(F)(F)F)c(C)n1. The summed E-state index contributed by atoms with van der Waals surface area (Å²) in [4.78, 5) is 0. The minimum atomic E-state index is -4.35. The molecule has 0 aliphatic heterocycles. The van der Waals surface area contributed by atoms with Gasteiger partial charge in [0.15, 0.2) is 0 Å². The molecule has 23 heavy (non-hydrogen) atoms. The van der Waals surface area contributed by atoms with Crippen molar-refractivity contribution in [3.8, 4) is 0 Å². The van der Waals surface area contributed by atoms with Crippen molar-refractivity contribution in [3.63, 3.8) is 0 Å². The molecule has 124 valence electrons. The summed E-state index contributed by atoms with van der Waals surface area (Å²) in [5.74, 6) is 0. The number of benzene rings is 1. The average molecular weight is 323 g/mol. The number of rotatable bonds is 6. The van der Waals surface area contributed by atoms with Crippen molar-refractivity contribution in [2.45, 2.75) is 39.2 Å². The Morgan fingerprint density at radius 1 is 1.35 bits per heavy atom. The highest BCUT2D eigenvalue weighted by Crippen LogP contribution is 2.34. The number of hydrogen-bond acceptors (Lipinski definition) is 2. The van der Waals surface area contributed by atoms with Gasteiger partial charge in [-0.1, -0.05) is 24.3 Å². The van der Waals surface area contributed by atoms with E-state index < -0.39 is 17.8 Å². The van der Waals surface area contributed by atoms with Crippen molar-refractivity contribution >= 4 is 0 Å². The van der Waals surface area contributed by atoms with Crippen molar-refractivity contribution in [2.75, 3.05) is 0 Å². The van der Waals surface area contributed by atoms with Gasteiger partial charge in [-0.2, -0.15) is 18.3 Å². The molecule has 0 bridgehead atoms. The molecule has 0 aliphatic carbocycles. The van der Waals surface area contributed by atoms with E-state index in [0.717, 1.165) is 17.3 Å². The number of alkyl halides is 3. The van der Waals surface area contributed by atoms with Gasteiger partial charge >= 0.3 is 6.18 Å². The number of allylic oxidation sites excluding steroid dienone is 1. The summed E-state index contributed by atoms with van der Waals surface area (Å²) in [5.41, 5.74) is 1.47. The van der Waals surface area contributed by atoms with Crippen LogP contribution in [0.4, 0.5) is 13.2 Å². The van der Waals surface area contributed by atoms with Gasteiger partial charge in [-0.25, -0.2) is 0 Å². The third-order valence-corrected chi connectivity index (χ3v) is 3.70. The molecule has 1 atom stereocenters. The maximum Gasteiger partial charge on any atom is 0.416 e. The zero-order chi connectivity index (χ0) is 17.0. The van der Waals surface area contributed by atoms with Gasteiger partial charge in [-0.15, -0.1) is 6.58 Å². The highest BCUT2D eigenvalue weighted by Gasteiger charge is 2.34. The van der Waals surface area contributed by atoms with E-state index in [1.165, 1.54) is 12.1 Å². The molecular weight excluding hydrogens is 303 g/mol. The first-order valence-corrected chi connectivity index (χ1v) is 7.36. The first-order chi connectivity index (χ1) is 10.8. The summed E-state index contributed by atoms with van der Waals surface area (Å²) in [6.45, 7) is 8.33. The molecule has 0 saturated carbocycles. The van der Waals surface area contributed by atoms with Crippen LogP contribution in [0.3, 0.4) is 0 Å². The van der Waals surface area contributed by atoms with Crippen LogP contribution in [0.15, 0.2) is 43.1 Å². The third-order valence-electron chi connectivity index (χ3n) is 3.70. The van der Waals surface area contributed by atoms with Crippen LogP contribution >= 0.6 is 0 Å². The monoisotopic (exact) mass is 323 g/mol. The van der Waals surface area contributed by atoms with E-state index >= 15 is 0 Å². The lowest BCUT2D eigenvalue weighted by Crippen LogP contribution is -2.21. The fourth-order valence-electron chi connectivity index (χ4n) is 2.46. The molecule has 1 aromatic heterocycles. The van der Waals surface area contributed by atoms with Crippen molar-refractivity contribution in [1.29, 1.82) is 0 Å². The molecule has 2 rings (SSSR count). The second-order valence-corrected chi connectivity index (χ2v) is 5.44. The number of nitrogens with one attached hydrogen (secondary N) is 1. The predicted octanol–water partition coefficient (Wildman–Crippen LogP) is 4.25. The molecule has 1 N–H and O–H groups in total. The normalized spacial score (nSPS) is 13.1. The van der Waals surface area contributed by atoms with Crippen molar-refractivity contribution in [3.05, 3.63) is 65.5 Å². The second kappa shape index (κ2) is 7.00. The van der Waals surface area contributed by atoms with E-state index in [4.69, 9.17) is 0 Å². The summed E-state index contributed by atoms with van der Waals surface area (Å²) in [7, 11) is 0. The molecule has 1 aromatic carbocycles. The van der Waals surface area contributed by atoms with E-state index in [1.54, 1.807) is 23.7 Å². The molecule has 6 heteroatoms. The van der Waals surface area contributed by atoms with Crippen LogP contribution in [0, 0.1) is 6.92 Å². The molecule has 0 spiro atoms. The Balaban J connectivity index is 2.11. The van der Waals surface area contributed by atoms with Gasteiger partial charge in [0.2, 0.25) is 0 Å². The Bertz CT molecular complexity index is 674. The topological polar surface area (TPSA) is 29.9 Å². The summed E-state index contributed by atoms with van der Waals surface area (Å²) in [6.07, 6.45) is -0.727. The molecule has 3 nitrogen and oxygen atoms in total. The number of halogens is 3. The number of nitrogens with zero attached hydrogens (tertiary/aromatic N) is 2. The first-order valence-electron chi connectivity index (χ1n) is 7.36. The molecule has 2 aromatic rings. The Hall–Kier alpha value is -2.08. The zero-order valence-electron chi connectivity index (χ0n) is 13.2. The lowest BCUT2D eigenvalue weighted by atomic mass is 10.0. The van der Waals surface area contributed by atoms with Gasteiger partial charge in [-0.3, -0.25) is 4.68 Å². The smallest absolute Gasteiger partial charge is 0.306 e. The lowest BCUT2D eigenvalue weighted by molar-refractivity contribution is -0.138. The standard InChI is InChI=1S/C17H20F3N3/c1-4-9-23-11-14(12(2)22-23)10-21-13(3)15-7-5-6-8-16(15)17(18,19)20/h4-8,11,13,21H,1,9-10H2,2-3H3/t13-/m1/s1. The molecule has 0 amide bonds. The quantitative estimate of drug-likeness (QED) is 0.806. The molecule has 1 heterocycles. The van der Waals surface area contributed by atoms with Crippen molar-refractivity contribution in [2.24, 2.45) is 0 Å². The van der Waals surface area contributed by atoms with Crippen LogP contribution in [-0.2, 0) is 19.3 Å². The summed E-state index contributed by atoms with van der Waals surface area (Å²) in [6, 6.07) is 5.23. The number of aryl methyl sites for hydroxylation is 1. The van der Waals surface area contributed by atoms with Gasteiger partial charge in [0.25, 0.3) is 0 Å². The Morgan fingerprint density at radius 2 is 2.04 bits per heavy atom. The van der Waals surface area contributed by atoms with Crippen LogP contribution in [-0.4, -0.2) is 9.78 Å². The highest BCUT2D eigenvalue weighted by atomic mass is 19.4. The molecule has 0 unspecified atom stereocenters. The molecule has 0 fully saturated rings. The minimum absolute atomic E-state index is 0.246. The zero-order valence-corrected chi connectivity index (χ0v) is 13.2. The first kappa shape index (κ1) is 17.3. The Morgan fingerprint density at radius 3 is 2.70 bits per heavy atom. The van der Waals surface area contributed by atoms with E-state index in [9.17, 15) is 13.2 Å². The molecule has 0 radical (unpaired) electrons. The van der Waals surface area contributed by atoms with Gasteiger partial charge in [0, 0.05) is 24.3 Å². The van der Waals surface area contributed by atoms with Gasteiger partial charge in [-0.05, 0) is 25.5 Å². The summed E-state index contributed by atoms with van der Waals surface area (Å²) >= 11 is 0. The van der Waals surface area contributed by atoms with Crippen LogP contribution < -0.4 is 5.32 Å². The third kappa shape index (κ3) is 4.22. The van der Waals surface area contributed by atoms with Crippen molar-refractivity contribution in [1.82, 2.24) is 15.1 Å². The molecule has 0 aliphatic rings. The fraction of sp³-hybridized carbons (Fsp3) is 0.353. The summed E-state index contributed by atoms with van der Waals surface area (Å²) in [5, 5.41) is 7.48. The van der Waals surface area contributed by atoms with Crippen molar-refractivity contribution < 1.29 is 13.2 Å². The van der Waals surface area contributed by atoms with E-state index in [2.05, 4.69) is 17.0 Å². The number of hydrogen-bond donors (Lipinski definition) is 1. The van der Waals surface area contributed by atoms with E-state index in [-0.39, 0.29) is 5.56 Å². The van der Waals surface area contributed by atoms with E-state index in [1.807, 2.05) is 13.1 Å². The van der Waals surface area contributed by atoms with E-state index in [0.29, 0.717) is 13.1 Å². The Labute approximate surface area is 133 Å². The number of aromatic nitrogens is 2. The van der Waals surface area contributed by atoms with Crippen LogP contribution in [0.5, 0.6) is 0 Å². The maximum absolute atomic E-state index is 13.1. The largest absolute Gasteiger partial charge is 0.416 e. The van der Waals surface area contributed by atoms with Gasteiger partial charge in [0.05, 0.1) is 17.8 Å². The Kier molecular flexibility index (Phi) is 5.26. The summed E-state index contributed by atoms with van der Waals surface area (Å²) < 4.78 is 41.0. The van der Waals surface area contributed by atoms with Gasteiger partial charge in [0.1, 0.15) is 0 Å². The van der Waals surface area contributed by atoms with Crippen LogP contribution in [0.25, 0.3) is 0 Å². The fourth-order valence-corrected chi connectivity index (χ4v) is 2.46. The predicted molar refractivity (Wildman–Crippen MR) is 83.9 cm³/mol. The average Bonchev–Trinajstić information content (AvgIpc) is 2.84. The molecule has 0 saturated heterocycles. The van der Waals surface area contributed by atoms with Crippen LogP contribution in [0.1, 0.15) is 35.3 Å². The van der Waals surface area contributed by atoms with Gasteiger partial charge < -0.3 is 5.32 Å². The lowest BCUT2D eigenvalue weighted by Gasteiger charge is -2.19. The molecular formula is C17H20F3N3.